The van der Waals surface area contributed by atoms with Gasteiger partial charge >= 0.3 is 0 Å². The Morgan fingerprint density at radius 1 is 1.28 bits per heavy atom. The van der Waals surface area contributed by atoms with Gasteiger partial charge in [0.1, 0.15) is 0 Å². The largest absolute Gasteiger partial charge is 0.325 e. The van der Waals surface area contributed by atoms with E-state index in [9.17, 15) is 4.79 Å². The number of rotatable bonds is 6. The van der Waals surface area contributed by atoms with Crippen LogP contribution in [0.5, 0.6) is 0 Å². The van der Waals surface area contributed by atoms with Gasteiger partial charge in [-0.1, -0.05) is 36.7 Å². The number of amides is 1. The average molecular weight is 313 g/mol. The Morgan fingerprint density at radius 2 is 1.89 bits per heavy atom. The summed E-state index contributed by atoms with van der Waals surface area (Å²) in [5, 5.41) is 6.14. The molecule has 0 radical (unpaired) electrons. The van der Waals surface area contributed by atoms with Crippen molar-refractivity contribution < 1.29 is 4.79 Å². The third-order valence-electron chi connectivity index (χ3n) is 2.90. The second-order valence-corrected chi connectivity index (χ2v) is 5.61. The maximum absolute atomic E-state index is 11.8. The van der Waals surface area contributed by atoms with Crippen LogP contribution in [0.4, 0.5) is 5.69 Å². The van der Waals surface area contributed by atoms with Crippen molar-refractivity contribution in [1.29, 1.82) is 0 Å². The van der Waals surface area contributed by atoms with Gasteiger partial charge < -0.3 is 10.6 Å². The van der Waals surface area contributed by atoms with Crippen molar-refractivity contribution in [3.05, 3.63) is 28.7 Å². The molecule has 0 aliphatic carbocycles. The van der Waals surface area contributed by atoms with E-state index in [-0.39, 0.29) is 5.91 Å². The molecule has 1 atom stereocenters. The SMILES string of the molecule is CCC(NCC(=O)Nc1ccc(Br)cc1)C(C)C. The van der Waals surface area contributed by atoms with Crippen LogP contribution in [0, 0.1) is 5.92 Å². The minimum atomic E-state index is -0.00331. The first-order valence-corrected chi connectivity index (χ1v) is 7.11. The van der Waals surface area contributed by atoms with E-state index < -0.39 is 0 Å². The van der Waals surface area contributed by atoms with Crippen LogP contribution >= 0.6 is 15.9 Å². The van der Waals surface area contributed by atoms with E-state index in [1.807, 2.05) is 24.3 Å². The molecule has 0 fully saturated rings. The maximum Gasteiger partial charge on any atom is 0.238 e. The Bertz CT molecular complexity index is 376. The molecular formula is C14H21BrN2O. The van der Waals surface area contributed by atoms with Gasteiger partial charge in [-0.15, -0.1) is 0 Å². The molecule has 18 heavy (non-hydrogen) atoms. The lowest BCUT2D eigenvalue weighted by atomic mass is 10.0. The molecule has 0 saturated heterocycles. The summed E-state index contributed by atoms with van der Waals surface area (Å²) >= 11 is 3.36. The molecule has 0 saturated carbocycles. The molecule has 4 heteroatoms. The highest BCUT2D eigenvalue weighted by atomic mass is 79.9. The average Bonchev–Trinajstić information content (AvgIpc) is 2.32. The molecule has 3 nitrogen and oxygen atoms in total. The van der Waals surface area contributed by atoms with Crippen molar-refractivity contribution in [2.75, 3.05) is 11.9 Å². The van der Waals surface area contributed by atoms with E-state index in [1.165, 1.54) is 0 Å². The third kappa shape index (κ3) is 5.19. The number of carbonyl (C=O) groups excluding carboxylic acids is 1. The zero-order chi connectivity index (χ0) is 13.5. The third-order valence-corrected chi connectivity index (χ3v) is 3.43. The predicted molar refractivity (Wildman–Crippen MR) is 79.7 cm³/mol. The summed E-state index contributed by atoms with van der Waals surface area (Å²) in [5.74, 6) is 0.534. The summed E-state index contributed by atoms with van der Waals surface area (Å²) < 4.78 is 1.00. The molecule has 0 aliphatic heterocycles. The van der Waals surface area contributed by atoms with E-state index in [1.54, 1.807) is 0 Å². The normalized spacial score (nSPS) is 12.5. The predicted octanol–water partition coefficient (Wildman–Crippen LogP) is 3.41. The number of hydrogen-bond acceptors (Lipinski definition) is 2. The Hall–Kier alpha value is -0.870. The summed E-state index contributed by atoms with van der Waals surface area (Å²) in [6.45, 7) is 6.80. The highest BCUT2D eigenvalue weighted by molar-refractivity contribution is 9.10. The van der Waals surface area contributed by atoms with Crippen molar-refractivity contribution in [3.8, 4) is 0 Å². The lowest BCUT2D eigenvalue weighted by molar-refractivity contribution is -0.115. The van der Waals surface area contributed by atoms with Gasteiger partial charge in [0.05, 0.1) is 6.54 Å². The van der Waals surface area contributed by atoms with E-state index in [0.29, 0.717) is 18.5 Å². The summed E-state index contributed by atoms with van der Waals surface area (Å²) in [6.07, 6.45) is 1.03. The summed E-state index contributed by atoms with van der Waals surface area (Å²) in [6, 6.07) is 7.96. The second-order valence-electron chi connectivity index (χ2n) is 4.69. The number of halogens is 1. The van der Waals surface area contributed by atoms with Gasteiger partial charge in [-0.2, -0.15) is 0 Å². The number of nitrogens with one attached hydrogen (secondary N) is 2. The highest BCUT2D eigenvalue weighted by Gasteiger charge is 2.11. The zero-order valence-corrected chi connectivity index (χ0v) is 12.8. The molecule has 100 valence electrons. The molecule has 0 aromatic heterocycles. The fraction of sp³-hybridized carbons (Fsp3) is 0.500. The van der Waals surface area contributed by atoms with E-state index >= 15 is 0 Å². The van der Waals surface area contributed by atoms with Crippen LogP contribution in [0.15, 0.2) is 28.7 Å². The topological polar surface area (TPSA) is 41.1 Å². The van der Waals surface area contributed by atoms with E-state index in [4.69, 9.17) is 0 Å². The molecule has 1 aromatic carbocycles. The minimum absolute atomic E-state index is 0.00331. The molecule has 1 aromatic rings. The lowest BCUT2D eigenvalue weighted by Crippen LogP contribution is -2.38. The van der Waals surface area contributed by atoms with Crippen LogP contribution in [0.3, 0.4) is 0 Å². The quantitative estimate of drug-likeness (QED) is 0.845. The van der Waals surface area contributed by atoms with Gasteiger partial charge in [-0.05, 0) is 36.6 Å². The Labute approximate surface area is 117 Å². The van der Waals surface area contributed by atoms with Crippen molar-refractivity contribution in [1.82, 2.24) is 5.32 Å². The minimum Gasteiger partial charge on any atom is -0.325 e. The fourth-order valence-corrected chi connectivity index (χ4v) is 2.08. The van der Waals surface area contributed by atoms with Crippen LogP contribution in [-0.4, -0.2) is 18.5 Å². The Kier molecular flexibility index (Phi) is 6.36. The van der Waals surface area contributed by atoms with Crippen LogP contribution in [0.2, 0.25) is 0 Å². The number of hydrogen-bond donors (Lipinski definition) is 2. The second kappa shape index (κ2) is 7.54. The first-order chi connectivity index (χ1) is 8.52. The monoisotopic (exact) mass is 312 g/mol. The first kappa shape index (κ1) is 15.2. The molecule has 1 amide bonds. The van der Waals surface area contributed by atoms with Crippen LogP contribution in [0.1, 0.15) is 27.2 Å². The first-order valence-electron chi connectivity index (χ1n) is 6.31. The van der Waals surface area contributed by atoms with Crippen molar-refractivity contribution in [2.45, 2.75) is 33.2 Å². The van der Waals surface area contributed by atoms with Crippen molar-refractivity contribution >= 4 is 27.5 Å². The molecular weight excluding hydrogens is 292 g/mol. The number of anilines is 1. The smallest absolute Gasteiger partial charge is 0.238 e. The van der Waals surface area contributed by atoms with Gasteiger partial charge in [0.25, 0.3) is 0 Å². The molecule has 0 aliphatic rings. The van der Waals surface area contributed by atoms with Crippen LogP contribution in [0.25, 0.3) is 0 Å². The fourth-order valence-electron chi connectivity index (χ4n) is 1.81. The summed E-state index contributed by atoms with van der Waals surface area (Å²) in [4.78, 5) is 11.8. The Balaban J connectivity index is 2.40. The maximum atomic E-state index is 11.8. The number of benzene rings is 1. The lowest BCUT2D eigenvalue weighted by Gasteiger charge is -2.20. The van der Waals surface area contributed by atoms with Crippen LogP contribution in [-0.2, 0) is 4.79 Å². The number of carbonyl (C=O) groups is 1. The Morgan fingerprint density at radius 3 is 2.39 bits per heavy atom. The van der Waals surface area contributed by atoms with E-state index in [2.05, 4.69) is 47.3 Å². The van der Waals surface area contributed by atoms with Gasteiger partial charge in [0.15, 0.2) is 0 Å². The molecule has 2 N–H and O–H groups in total. The van der Waals surface area contributed by atoms with Crippen molar-refractivity contribution in [2.24, 2.45) is 5.92 Å². The molecule has 1 rings (SSSR count). The summed E-state index contributed by atoms with van der Waals surface area (Å²) in [7, 11) is 0. The van der Waals surface area contributed by atoms with E-state index in [0.717, 1.165) is 16.6 Å². The van der Waals surface area contributed by atoms with Crippen LogP contribution < -0.4 is 10.6 Å². The van der Waals surface area contributed by atoms with Gasteiger partial charge in [-0.3, -0.25) is 4.79 Å². The van der Waals surface area contributed by atoms with Gasteiger partial charge in [0, 0.05) is 16.2 Å². The molecule has 1 unspecified atom stereocenters. The highest BCUT2D eigenvalue weighted by Crippen LogP contribution is 2.13. The molecule has 0 heterocycles. The standard InChI is InChI=1S/C14H21BrN2O/c1-4-13(10(2)3)16-9-14(18)17-12-7-5-11(15)6-8-12/h5-8,10,13,16H,4,9H2,1-3H3,(H,17,18). The molecule has 0 spiro atoms. The summed E-state index contributed by atoms with van der Waals surface area (Å²) in [5.41, 5.74) is 0.822. The van der Waals surface area contributed by atoms with Crippen molar-refractivity contribution in [3.63, 3.8) is 0 Å². The van der Waals surface area contributed by atoms with Gasteiger partial charge in [0.2, 0.25) is 5.91 Å². The molecule has 0 bridgehead atoms. The van der Waals surface area contributed by atoms with Gasteiger partial charge in [-0.25, -0.2) is 0 Å². The zero-order valence-electron chi connectivity index (χ0n) is 11.2.